The van der Waals surface area contributed by atoms with Crippen molar-refractivity contribution in [1.82, 2.24) is 30.0 Å². The maximum absolute atomic E-state index is 13.0. The van der Waals surface area contributed by atoms with Crippen LogP contribution in [0.1, 0.15) is 39.8 Å². The maximum Gasteiger partial charge on any atom is 0.317 e. The molecule has 1 aromatic carbocycles. The van der Waals surface area contributed by atoms with Crippen LogP contribution < -0.4 is 5.32 Å². The summed E-state index contributed by atoms with van der Waals surface area (Å²) in [5.74, 6) is -0.207. The molecular formula is C27H33FN6O. The van der Waals surface area contributed by atoms with E-state index in [0.29, 0.717) is 6.54 Å². The maximum atomic E-state index is 13.0. The van der Waals surface area contributed by atoms with E-state index in [0.717, 1.165) is 79.6 Å². The summed E-state index contributed by atoms with van der Waals surface area (Å²) < 4.78 is 15.1. The third-order valence-electron chi connectivity index (χ3n) is 7.54. The zero-order chi connectivity index (χ0) is 23.8. The fourth-order valence-corrected chi connectivity index (χ4v) is 5.55. The number of fused-ring (bicyclic) bond motifs is 3. The molecule has 0 aliphatic carbocycles. The average molecular weight is 477 g/mol. The summed E-state index contributed by atoms with van der Waals surface area (Å²) in [6.45, 7) is 3.03. The van der Waals surface area contributed by atoms with Crippen molar-refractivity contribution in [2.24, 2.45) is 0 Å². The Morgan fingerprint density at radius 3 is 2.89 bits per heavy atom. The number of urea groups is 1. The van der Waals surface area contributed by atoms with Gasteiger partial charge in [0, 0.05) is 63.5 Å². The second kappa shape index (κ2) is 8.83. The topological polar surface area (TPSA) is 78.8 Å². The lowest BCUT2D eigenvalue weighted by Gasteiger charge is -2.23. The molecule has 1 atom stereocenters. The predicted octanol–water partition coefficient (Wildman–Crippen LogP) is 5.14. The molecule has 2 aliphatic rings. The largest absolute Gasteiger partial charge is 0.346 e. The van der Waals surface area contributed by atoms with Crippen molar-refractivity contribution < 1.29 is 12.0 Å². The monoisotopic (exact) mass is 476 g/mol. The number of likely N-dealkylation sites (tertiary alicyclic amines) is 1. The molecule has 4 aromatic rings. The molecule has 0 bridgehead atoms. The predicted molar refractivity (Wildman–Crippen MR) is 137 cm³/mol. The minimum absolute atomic E-state index is 0. The molecule has 184 valence electrons. The van der Waals surface area contributed by atoms with Crippen LogP contribution in [0.4, 0.5) is 9.18 Å². The molecule has 1 unspecified atom stereocenters. The van der Waals surface area contributed by atoms with E-state index in [9.17, 15) is 9.18 Å². The van der Waals surface area contributed by atoms with Crippen molar-refractivity contribution in [1.29, 1.82) is 0 Å². The summed E-state index contributed by atoms with van der Waals surface area (Å²) in [5.41, 5.74) is 5.18. The number of carbonyl (C=O) groups is 1. The molecule has 35 heavy (non-hydrogen) atoms. The smallest absolute Gasteiger partial charge is 0.317 e. The summed E-state index contributed by atoms with van der Waals surface area (Å²) in [4.78, 5) is 22.4. The highest BCUT2D eigenvalue weighted by molar-refractivity contribution is 5.80. The molecule has 5 heterocycles. The third kappa shape index (κ3) is 4.17. The van der Waals surface area contributed by atoms with Crippen molar-refractivity contribution in [3.8, 4) is 11.3 Å². The Kier molecular flexibility index (Phi) is 5.51. The second-order valence-corrected chi connectivity index (χ2v) is 9.79. The van der Waals surface area contributed by atoms with Gasteiger partial charge < -0.3 is 15.2 Å². The van der Waals surface area contributed by atoms with Crippen molar-refractivity contribution >= 4 is 17.1 Å². The molecule has 7 nitrogen and oxygen atoms in total. The summed E-state index contributed by atoms with van der Waals surface area (Å²) >= 11 is 0. The Balaban J connectivity index is 0.00000160. The molecule has 6 rings (SSSR count). The van der Waals surface area contributed by atoms with Gasteiger partial charge in [0.2, 0.25) is 0 Å². The highest BCUT2D eigenvalue weighted by Gasteiger charge is 2.46. The molecule has 2 amide bonds. The van der Waals surface area contributed by atoms with Crippen LogP contribution in [0.5, 0.6) is 0 Å². The van der Waals surface area contributed by atoms with Crippen LogP contribution in [0.15, 0.2) is 54.9 Å². The zero-order valence-corrected chi connectivity index (χ0v) is 19.6. The van der Waals surface area contributed by atoms with E-state index in [1.807, 2.05) is 35.5 Å². The first-order valence-electron chi connectivity index (χ1n) is 12.4. The van der Waals surface area contributed by atoms with E-state index in [4.69, 9.17) is 5.10 Å². The van der Waals surface area contributed by atoms with Gasteiger partial charge in [-0.1, -0.05) is 12.1 Å². The normalized spacial score (nSPS) is 19.1. The number of hydrogen-bond acceptors (Lipinski definition) is 3. The Labute approximate surface area is 206 Å². The van der Waals surface area contributed by atoms with Crippen LogP contribution in [-0.2, 0) is 18.4 Å². The number of hydrogen-bond donors (Lipinski definition) is 2. The number of pyridine rings is 1. The van der Waals surface area contributed by atoms with Gasteiger partial charge in [0.1, 0.15) is 11.5 Å². The van der Waals surface area contributed by atoms with Crippen LogP contribution in [0, 0.1) is 5.82 Å². The van der Waals surface area contributed by atoms with Gasteiger partial charge in [0.05, 0.1) is 5.69 Å². The van der Waals surface area contributed by atoms with E-state index >= 15 is 0 Å². The Morgan fingerprint density at radius 1 is 1.14 bits per heavy atom. The number of benzene rings is 1. The summed E-state index contributed by atoms with van der Waals surface area (Å²) in [5, 5.41) is 9.03. The number of halogens is 1. The minimum Gasteiger partial charge on any atom is -0.346 e. The molecule has 0 saturated carbocycles. The van der Waals surface area contributed by atoms with E-state index < -0.39 is 0 Å². The average Bonchev–Trinajstić information content (AvgIpc) is 3.65. The van der Waals surface area contributed by atoms with Crippen LogP contribution in [0.2, 0.25) is 0 Å². The van der Waals surface area contributed by atoms with Crippen molar-refractivity contribution in [2.45, 2.75) is 44.1 Å². The standard InChI is InChI=1S/C27H29FN6O.2H2/c28-22-6-4-19(5-7-22)3-1-2-11-30-26(35)33-13-9-27(18-33)10-14-34-24(27)16-23(32-34)21-15-20-8-12-29-25(20)31-17-21;;/h4-8,12,15-17H,1-3,9-11,13-14,18H2,(H,29,31)(H,30,35);2*1H. The van der Waals surface area contributed by atoms with Gasteiger partial charge in [-0.15, -0.1) is 0 Å². The fourth-order valence-electron chi connectivity index (χ4n) is 5.55. The fraction of sp³-hybridized carbons (Fsp3) is 0.370. The van der Waals surface area contributed by atoms with E-state index in [2.05, 4.69) is 32.1 Å². The van der Waals surface area contributed by atoms with Gasteiger partial charge in [0.25, 0.3) is 0 Å². The zero-order valence-electron chi connectivity index (χ0n) is 19.6. The van der Waals surface area contributed by atoms with Gasteiger partial charge in [0.15, 0.2) is 0 Å². The summed E-state index contributed by atoms with van der Waals surface area (Å²) in [6.07, 6.45) is 8.50. The number of nitrogens with zero attached hydrogens (tertiary/aromatic N) is 4. The number of rotatable bonds is 6. The first-order chi connectivity index (χ1) is 17.1. The molecule has 1 spiro atoms. The number of nitrogens with one attached hydrogen (secondary N) is 2. The van der Waals surface area contributed by atoms with E-state index in [1.54, 1.807) is 0 Å². The molecule has 1 fully saturated rings. The van der Waals surface area contributed by atoms with Crippen molar-refractivity contribution in [3.05, 3.63) is 71.9 Å². The first kappa shape index (κ1) is 21.8. The highest BCUT2D eigenvalue weighted by Crippen LogP contribution is 2.43. The van der Waals surface area contributed by atoms with E-state index in [1.165, 1.54) is 17.8 Å². The molecule has 2 N–H and O–H groups in total. The Morgan fingerprint density at radius 2 is 2.00 bits per heavy atom. The summed E-state index contributed by atoms with van der Waals surface area (Å²) in [7, 11) is 0. The number of aromatic amines is 1. The van der Waals surface area contributed by atoms with Gasteiger partial charge in [-0.3, -0.25) is 4.68 Å². The Bertz CT molecular complexity index is 1370. The van der Waals surface area contributed by atoms with Gasteiger partial charge >= 0.3 is 6.03 Å². The second-order valence-electron chi connectivity index (χ2n) is 9.79. The number of aromatic nitrogens is 4. The van der Waals surface area contributed by atoms with Gasteiger partial charge in [-0.2, -0.15) is 5.10 Å². The first-order valence-corrected chi connectivity index (χ1v) is 12.4. The molecule has 0 radical (unpaired) electrons. The van der Waals surface area contributed by atoms with Crippen molar-refractivity contribution in [3.63, 3.8) is 0 Å². The lowest BCUT2D eigenvalue weighted by Crippen LogP contribution is -2.40. The number of aryl methyl sites for hydroxylation is 2. The minimum atomic E-state index is -0.207. The van der Waals surface area contributed by atoms with Crippen LogP contribution in [0.3, 0.4) is 0 Å². The molecule has 8 heteroatoms. The van der Waals surface area contributed by atoms with E-state index in [-0.39, 0.29) is 20.1 Å². The van der Waals surface area contributed by atoms with Crippen LogP contribution in [0.25, 0.3) is 22.3 Å². The number of unbranched alkanes of at least 4 members (excludes halogenated alkanes) is 1. The number of H-pyrrole nitrogens is 1. The van der Waals surface area contributed by atoms with Crippen molar-refractivity contribution in [2.75, 3.05) is 19.6 Å². The van der Waals surface area contributed by atoms with Crippen LogP contribution >= 0.6 is 0 Å². The highest BCUT2D eigenvalue weighted by atomic mass is 19.1. The van der Waals surface area contributed by atoms with Gasteiger partial charge in [-0.05, 0) is 68.0 Å². The molecular weight excluding hydrogens is 443 g/mol. The lowest BCUT2D eigenvalue weighted by atomic mass is 9.82. The molecule has 3 aromatic heterocycles. The van der Waals surface area contributed by atoms with Crippen LogP contribution in [-0.4, -0.2) is 50.3 Å². The lowest BCUT2D eigenvalue weighted by molar-refractivity contribution is 0.205. The third-order valence-corrected chi connectivity index (χ3v) is 7.54. The van der Waals surface area contributed by atoms with Gasteiger partial charge in [-0.25, -0.2) is 14.2 Å². The SMILES string of the molecule is O=C(NCCCCc1ccc(F)cc1)N1CCC2(CCn3nc(-c4cnc5[nH]ccc5c4)cc32)C1.[HH].[HH]. The summed E-state index contributed by atoms with van der Waals surface area (Å²) in [6, 6.07) is 13.0. The molecule has 1 saturated heterocycles. The Hall–Kier alpha value is -3.68. The quantitative estimate of drug-likeness (QED) is 0.378. The number of carbonyl (C=O) groups excluding carboxylic acids is 1. The number of amides is 2. The molecule has 2 aliphatic heterocycles.